The fourth-order valence-corrected chi connectivity index (χ4v) is 0.707. The predicted molar refractivity (Wildman–Crippen MR) is 56.7 cm³/mol. The Bertz CT molecular complexity index is 394. The smallest absolute Gasteiger partial charge is 0.461 e. The summed E-state index contributed by atoms with van der Waals surface area (Å²) < 4.78 is 41.8. The molecule has 0 amide bonds. The number of hydrogen-bond donors (Lipinski definition) is 2. The van der Waals surface area contributed by atoms with Crippen molar-refractivity contribution in [1.29, 1.82) is 0 Å². The van der Waals surface area contributed by atoms with Crippen LogP contribution in [0.3, 0.4) is 0 Å². The first-order valence-corrected chi connectivity index (χ1v) is 4.98. The number of aliphatic hydroxyl groups is 1. The summed E-state index contributed by atoms with van der Waals surface area (Å²) in [6.07, 6.45) is -5.45. The van der Waals surface area contributed by atoms with E-state index in [4.69, 9.17) is 5.21 Å². The Morgan fingerprint density at radius 3 is 2.16 bits per heavy atom. The summed E-state index contributed by atoms with van der Waals surface area (Å²) in [5.41, 5.74) is -0.428. The molecule has 0 aromatic heterocycles. The zero-order valence-corrected chi connectivity index (χ0v) is 10.4. The maximum Gasteiger partial charge on any atom is 0.470 e. The number of esters is 1. The Labute approximate surface area is 106 Å². The van der Waals surface area contributed by atoms with E-state index in [1.54, 1.807) is 0 Å². The highest BCUT2D eigenvalue weighted by atomic mass is 19.4. The highest BCUT2D eigenvalue weighted by Gasteiger charge is 2.65. The lowest BCUT2D eigenvalue weighted by molar-refractivity contribution is -0.353. The van der Waals surface area contributed by atoms with Gasteiger partial charge >= 0.3 is 17.9 Å². The van der Waals surface area contributed by atoms with Crippen molar-refractivity contribution in [1.82, 2.24) is 0 Å². The van der Waals surface area contributed by atoms with Gasteiger partial charge in [0.15, 0.2) is 0 Å². The number of alkyl halides is 3. The SMILES string of the molecule is CCOC(=O)C(O)(O/N=C(C)/C(C)=N/O)C(F)(F)F. The van der Waals surface area contributed by atoms with Gasteiger partial charge in [0, 0.05) is 0 Å². The van der Waals surface area contributed by atoms with Gasteiger partial charge in [0.05, 0.1) is 6.61 Å². The average Bonchev–Trinajstić information content (AvgIpc) is 2.33. The molecular formula is C9H13F3N2O5. The molecule has 0 aliphatic rings. The lowest BCUT2D eigenvalue weighted by Crippen LogP contribution is -2.54. The van der Waals surface area contributed by atoms with Gasteiger partial charge in [-0.05, 0) is 20.8 Å². The number of carbonyl (C=O) groups excluding carboxylic acids is 1. The van der Waals surface area contributed by atoms with E-state index >= 15 is 0 Å². The summed E-state index contributed by atoms with van der Waals surface area (Å²) in [5.74, 6) is -6.27. The van der Waals surface area contributed by atoms with Crippen LogP contribution >= 0.6 is 0 Å². The number of carbonyl (C=O) groups is 1. The molecule has 10 heteroatoms. The van der Waals surface area contributed by atoms with Crippen LogP contribution in [0.4, 0.5) is 13.2 Å². The van der Waals surface area contributed by atoms with Crippen LogP contribution in [0.25, 0.3) is 0 Å². The summed E-state index contributed by atoms with van der Waals surface area (Å²) in [6, 6.07) is 0. The minimum absolute atomic E-state index is 0.159. The second kappa shape index (κ2) is 6.36. The van der Waals surface area contributed by atoms with E-state index in [1.807, 2.05) is 0 Å². The second-order valence-electron chi connectivity index (χ2n) is 3.32. The van der Waals surface area contributed by atoms with E-state index in [1.165, 1.54) is 13.8 Å². The minimum atomic E-state index is -5.45. The molecule has 19 heavy (non-hydrogen) atoms. The Kier molecular flexibility index (Phi) is 5.75. The van der Waals surface area contributed by atoms with Crippen molar-refractivity contribution in [3.63, 3.8) is 0 Å². The molecule has 110 valence electrons. The molecule has 1 unspecified atom stereocenters. The van der Waals surface area contributed by atoms with Gasteiger partial charge in [-0.25, -0.2) is 4.79 Å². The molecule has 2 N–H and O–H groups in total. The van der Waals surface area contributed by atoms with Crippen LogP contribution in [0, 0.1) is 0 Å². The van der Waals surface area contributed by atoms with Crippen LogP contribution in [0.15, 0.2) is 10.3 Å². The molecule has 1 atom stereocenters. The van der Waals surface area contributed by atoms with Gasteiger partial charge in [0.2, 0.25) is 0 Å². The average molecular weight is 286 g/mol. The zero-order valence-electron chi connectivity index (χ0n) is 10.4. The normalized spacial score (nSPS) is 16.8. The van der Waals surface area contributed by atoms with Crippen LogP contribution < -0.4 is 0 Å². The predicted octanol–water partition coefficient (Wildman–Crippen LogP) is 1.04. The summed E-state index contributed by atoms with van der Waals surface area (Å²) in [5, 5.41) is 23.1. The zero-order chi connectivity index (χ0) is 15.3. The number of hydrogen-bond acceptors (Lipinski definition) is 7. The number of rotatable bonds is 5. The maximum atomic E-state index is 12.6. The molecule has 0 radical (unpaired) electrons. The van der Waals surface area contributed by atoms with Crippen molar-refractivity contribution in [2.75, 3.05) is 6.61 Å². The maximum absolute atomic E-state index is 12.6. The molecule has 0 rings (SSSR count). The largest absolute Gasteiger partial charge is 0.470 e. The Balaban J connectivity index is 5.27. The van der Waals surface area contributed by atoms with Crippen LogP contribution in [-0.2, 0) is 14.4 Å². The van der Waals surface area contributed by atoms with E-state index in [0.717, 1.165) is 6.92 Å². The van der Waals surface area contributed by atoms with Gasteiger partial charge in [-0.3, -0.25) is 0 Å². The third-order valence-corrected chi connectivity index (χ3v) is 1.92. The first kappa shape index (κ1) is 17.2. The van der Waals surface area contributed by atoms with E-state index in [9.17, 15) is 23.1 Å². The highest BCUT2D eigenvalue weighted by molar-refractivity contribution is 6.40. The molecule has 0 aromatic rings. The fourth-order valence-electron chi connectivity index (χ4n) is 0.707. The number of oxime groups is 2. The van der Waals surface area contributed by atoms with Crippen molar-refractivity contribution in [3.05, 3.63) is 0 Å². The van der Waals surface area contributed by atoms with Gasteiger partial charge in [-0.1, -0.05) is 10.3 Å². The van der Waals surface area contributed by atoms with Gasteiger partial charge in [0.25, 0.3) is 0 Å². The molecule has 0 spiro atoms. The van der Waals surface area contributed by atoms with Gasteiger partial charge in [-0.15, -0.1) is 0 Å². The van der Waals surface area contributed by atoms with Crippen LogP contribution in [-0.4, -0.2) is 46.3 Å². The molecule has 0 saturated carbocycles. The van der Waals surface area contributed by atoms with Crippen molar-refractivity contribution in [3.8, 4) is 0 Å². The third kappa shape index (κ3) is 4.09. The third-order valence-electron chi connectivity index (χ3n) is 1.92. The van der Waals surface area contributed by atoms with E-state index in [0.29, 0.717) is 0 Å². The molecular weight excluding hydrogens is 273 g/mol. The molecule has 0 saturated heterocycles. The van der Waals surface area contributed by atoms with Gasteiger partial charge in [-0.2, -0.15) is 13.2 Å². The van der Waals surface area contributed by atoms with Crippen molar-refractivity contribution in [2.24, 2.45) is 10.3 Å². The van der Waals surface area contributed by atoms with Crippen molar-refractivity contribution in [2.45, 2.75) is 32.7 Å². The van der Waals surface area contributed by atoms with E-state index < -0.39 is 17.9 Å². The van der Waals surface area contributed by atoms with Gasteiger partial charge < -0.3 is 19.9 Å². The number of ether oxygens (including phenoxy) is 1. The molecule has 7 nitrogen and oxygen atoms in total. The molecule has 0 fully saturated rings. The van der Waals surface area contributed by atoms with E-state index in [-0.39, 0.29) is 18.0 Å². The summed E-state index contributed by atoms with van der Waals surface area (Å²) >= 11 is 0. The fraction of sp³-hybridized carbons (Fsp3) is 0.667. The summed E-state index contributed by atoms with van der Waals surface area (Å²) in [7, 11) is 0. The van der Waals surface area contributed by atoms with Crippen molar-refractivity contribution < 1.29 is 37.9 Å². The second-order valence-corrected chi connectivity index (χ2v) is 3.32. The van der Waals surface area contributed by atoms with Crippen LogP contribution in [0.1, 0.15) is 20.8 Å². The first-order chi connectivity index (χ1) is 8.60. The van der Waals surface area contributed by atoms with Crippen molar-refractivity contribution >= 4 is 17.4 Å². The standard InChI is InChI=1S/C9H13F3N2O5/c1-4-18-7(15)8(16,9(10,11)12)19-14-6(3)5(2)13-17/h16-17H,4H2,1-3H3/b13-5+,14-6+. The quantitative estimate of drug-likeness (QED) is 0.258. The molecule has 0 aromatic carbocycles. The molecule has 0 heterocycles. The Hall–Kier alpha value is -1.84. The van der Waals surface area contributed by atoms with Gasteiger partial charge in [0.1, 0.15) is 11.4 Å². The Morgan fingerprint density at radius 1 is 1.26 bits per heavy atom. The lowest BCUT2D eigenvalue weighted by Gasteiger charge is -2.25. The molecule has 0 aliphatic heterocycles. The topological polar surface area (TPSA) is 101 Å². The molecule has 0 aliphatic carbocycles. The number of halogens is 3. The highest BCUT2D eigenvalue weighted by Crippen LogP contribution is 2.33. The summed E-state index contributed by atoms with van der Waals surface area (Å²) in [6.45, 7) is 3.24. The van der Waals surface area contributed by atoms with Crippen LogP contribution in [0.5, 0.6) is 0 Å². The lowest BCUT2D eigenvalue weighted by atomic mass is 10.3. The monoisotopic (exact) mass is 286 g/mol. The minimum Gasteiger partial charge on any atom is -0.461 e. The Morgan fingerprint density at radius 2 is 1.79 bits per heavy atom. The first-order valence-electron chi connectivity index (χ1n) is 4.98. The van der Waals surface area contributed by atoms with Crippen LogP contribution in [0.2, 0.25) is 0 Å². The number of nitrogens with zero attached hydrogens (tertiary/aromatic N) is 2. The van der Waals surface area contributed by atoms with E-state index in [2.05, 4.69) is 19.9 Å². The summed E-state index contributed by atoms with van der Waals surface area (Å²) in [4.78, 5) is 14.9. The molecule has 0 bridgehead atoms.